The zero-order valence-electron chi connectivity index (χ0n) is 34.6. The predicted molar refractivity (Wildman–Crippen MR) is 265 cm³/mol. The molecule has 0 radical (unpaired) electrons. The van der Waals surface area contributed by atoms with Crippen LogP contribution < -0.4 is 4.90 Å². The maximum Gasteiger partial charge on any atom is 0.0541 e. The zero-order chi connectivity index (χ0) is 41.7. The van der Waals surface area contributed by atoms with Gasteiger partial charge in [0.1, 0.15) is 0 Å². The van der Waals surface area contributed by atoms with Gasteiger partial charge in [-0.15, -0.1) is 0 Å². The SMILES string of the molecule is c1ccc(-c2ccc(N(c3ccc(-c4ccccc4)cc3)c3ccc(-c4ccc5c(c4)c4ccccc4n5-c4ccc5c(c4)-c4ccccc4C5c4ccccc4)cc3)cc2)cc1. The summed E-state index contributed by atoms with van der Waals surface area (Å²) in [5, 5.41) is 2.49. The summed E-state index contributed by atoms with van der Waals surface area (Å²) in [6.07, 6.45) is 0. The smallest absolute Gasteiger partial charge is 0.0541 e. The molecule has 10 aromatic carbocycles. The third-order valence-corrected chi connectivity index (χ3v) is 12.9. The van der Waals surface area contributed by atoms with E-state index >= 15 is 0 Å². The van der Waals surface area contributed by atoms with Crippen LogP contribution in [0.3, 0.4) is 0 Å². The van der Waals surface area contributed by atoms with Gasteiger partial charge in [-0.05, 0) is 128 Å². The zero-order valence-corrected chi connectivity index (χ0v) is 34.6. The maximum absolute atomic E-state index is 2.44. The van der Waals surface area contributed by atoms with E-state index in [0.717, 1.165) is 17.1 Å². The Balaban J connectivity index is 0.915. The summed E-state index contributed by atoms with van der Waals surface area (Å²) in [5.41, 5.74) is 20.8. The number of anilines is 3. The number of rotatable bonds is 8. The molecule has 0 spiro atoms. The standard InChI is InChI=1S/C61H42N2/c1-4-14-42(15-5-1)44-24-31-49(32-25-44)62(50-33-26-45(27-34-50)43-16-6-2-7-17-43)51-35-28-46(29-36-51)48-30-39-60-58(40-48)54-21-12-13-23-59(54)63(60)52-37-38-56-57(41-52)53-20-10-11-22-55(53)61(56)47-18-8-3-9-19-47/h1-41,61H. The maximum atomic E-state index is 2.44. The van der Waals surface area contributed by atoms with E-state index in [9.17, 15) is 0 Å². The molecule has 63 heavy (non-hydrogen) atoms. The molecule has 0 aliphatic heterocycles. The van der Waals surface area contributed by atoms with Crippen molar-refractivity contribution in [3.63, 3.8) is 0 Å². The van der Waals surface area contributed by atoms with Crippen LogP contribution in [-0.2, 0) is 0 Å². The first-order valence-corrected chi connectivity index (χ1v) is 21.8. The van der Waals surface area contributed by atoms with Crippen LogP contribution in [-0.4, -0.2) is 4.57 Å². The van der Waals surface area contributed by atoms with Crippen LogP contribution in [0, 0.1) is 0 Å². The van der Waals surface area contributed by atoms with Crippen molar-refractivity contribution in [1.82, 2.24) is 4.57 Å². The van der Waals surface area contributed by atoms with E-state index in [1.807, 2.05) is 0 Å². The lowest BCUT2D eigenvalue weighted by Gasteiger charge is -2.26. The highest BCUT2D eigenvalue weighted by Crippen LogP contribution is 2.49. The van der Waals surface area contributed by atoms with E-state index in [4.69, 9.17) is 0 Å². The molecule has 1 aromatic heterocycles. The first-order chi connectivity index (χ1) is 31.2. The number of nitrogens with zero attached hydrogens (tertiary/aromatic N) is 2. The topological polar surface area (TPSA) is 8.17 Å². The van der Waals surface area contributed by atoms with Crippen LogP contribution in [0.5, 0.6) is 0 Å². The van der Waals surface area contributed by atoms with Gasteiger partial charge >= 0.3 is 0 Å². The Morgan fingerprint density at radius 3 is 1.38 bits per heavy atom. The fourth-order valence-electron chi connectivity index (χ4n) is 9.88. The molecule has 0 saturated carbocycles. The molecule has 1 aliphatic carbocycles. The molecule has 1 heterocycles. The van der Waals surface area contributed by atoms with Crippen molar-refractivity contribution in [1.29, 1.82) is 0 Å². The first kappa shape index (κ1) is 36.6. The number of hydrogen-bond donors (Lipinski definition) is 0. The van der Waals surface area contributed by atoms with E-state index in [2.05, 4.69) is 258 Å². The summed E-state index contributed by atoms with van der Waals surface area (Å²) >= 11 is 0. The number of para-hydroxylation sites is 1. The van der Waals surface area contributed by atoms with Gasteiger partial charge in [-0.3, -0.25) is 0 Å². The molecule has 0 N–H and O–H groups in total. The minimum atomic E-state index is 0.228. The van der Waals surface area contributed by atoms with Crippen molar-refractivity contribution < 1.29 is 0 Å². The lowest BCUT2D eigenvalue weighted by Crippen LogP contribution is -2.09. The third kappa shape index (κ3) is 6.43. The highest BCUT2D eigenvalue weighted by atomic mass is 15.1. The van der Waals surface area contributed by atoms with Crippen molar-refractivity contribution in [3.8, 4) is 50.2 Å². The van der Waals surface area contributed by atoms with E-state index in [-0.39, 0.29) is 5.92 Å². The van der Waals surface area contributed by atoms with Gasteiger partial charge in [0.15, 0.2) is 0 Å². The van der Waals surface area contributed by atoms with Gasteiger partial charge in [0.2, 0.25) is 0 Å². The predicted octanol–water partition coefficient (Wildman–Crippen LogP) is 16.4. The van der Waals surface area contributed by atoms with Crippen LogP contribution in [0.4, 0.5) is 17.1 Å². The van der Waals surface area contributed by atoms with Crippen LogP contribution in [0.2, 0.25) is 0 Å². The van der Waals surface area contributed by atoms with Crippen molar-refractivity contribution >= 4 is 38.9 Å². The van der Waals surface area contributed by atoms with Gasteiger partial charge in [-0.1, -0.05) is 182 Å². The first-order valence-electron chi connectivity index (χ1n) is 21.8. The normalized spacial score (nSPS) is 12.9. The molecule has 0 saturated heterocycles. The second-order valence-corrected chi connectivity index (χ2v) is 16.5. The third-order valence-electron chi connectivity index (χ3n) is 12.9. The number of hydrogen-bond acceptors (Lipinski definition) is 1. The van der Waals surface area contributed by atoms with Gasteiger partial charge in [0.25, 0.3) is 0 Å². The van der Waals surface area contributed by atoms with Gasteiger partial charge in [-0.2, -0.15) is 0 Å². The second-order valence-electron chi connectivity index (χ2n) is 16.5. The largest absolute Gasteiger partial charge is 0.311 e. The fourth-order valence-corrected chi connectivity index (χ4v) is 9.88. The lowest BCUT2D eigenvalue weighted by molar-refractivity contribution is 1.01. The van der Waals surface area contributed by atoms with Crippen molar-refractivity contribution in [2.75, 3.05) is 4.90 Å². The number of fused-ring (bicyclic) bond motifs is 6. The molecule has 2 heteroatoms. The fraction of sp³-hybridized carbons (Fsp3) is 0.0164. The molecule has 296 valence electrons. The van der Waals surface area contributed by atoms with Gasteiger partial charge in [0, 0.05) is 39.4 Å². The van der Waals surface area contributed by atoms with Gasteiger partial charge < -0.3 is 9.47 Å². The van der Waals surface area contributed by atoms with Crippen molar-refractivity contribution in [3.05, 3.63) is 265 Å². The number of aromatic nitrogens is 1. The Kier molecular flexibility index (Phi) is 8.93. The molecule has 1 aliphatic rings. The Labute approximate surface area is 368 Å². The van der Waals surface area contributed by atoms with E-state index in [1.54, 1.807) is 0 Å². The molecular weight excluding hydrogens is 761 g/mol. The van der Waals surface area contributed by atoms with E-state index in [0.29, 0.717) is 0 Å². The Hall–Kier alpha value is -8.20. The molecule has 12 rings (SSSR count). The average Bonchev–Trinajstić information content (AvgIpc) is 3.88. The van der Waals surface area contributed by atoms with Crippen LogP contribution in [0.15, 0.2) is 249 Å². The molecule has 1 unspecified atom stereocenters. The van der Waals surface area contributed by atoms with Crippen LogP contribution >= 0.6 is 0 Å². The van der Waals surface area contributed by atoms with Gasteiger partial charge in [-0.25, -0.2) is 0 Å². The molecule has 0 bridgehead atoms. The second kappa shape index (κ2) is 15.4. The Morgan fingerprint density at radius 1 is 0.302 bits per heavy atom. The van der Waals surface area contributed by atoms with Gasteiger partial charge in [0.05, 0.1) is 11.0 Å². The minimum absolute atomic E-state index is 0.228. The van der Waals surface area contributed by atoms with E-state index < -0.39 is 0 Å². The summed E-state index contributed by atoms with van der Waals surface area (Å²) in [4.78, 5) is 2.35. The van der Waals surface area contributed by atoms with Crippen molar-refractivity contribution in [2.24, 2.45) is 0 Å². The Morgan fingerprint density at radius 2 is 0.762 bits per heavy atom. The number of benzene rings is 10. The molecule has 0 fully saturated rings. The Bertz CT molecular complexity index is 3320. The molecule has 0 amide bonds. The summed E-state index contributed by atoms with van der Waals surface area (Å²) < 4.78 is 2.44. The molecule has 2 nitrogen and oxygen atoms in total. The van der Waals surface area contributed by atoms with Crippen molar-refractivity contribution in [2.45, 2.75) is 5.92 Å². The summed E-state index contributed by atoms with van der Waals surface area (Å²) in [5.74, 6) is 0.228. The summed E-state index contributed by atoms with van der Waals surface area (Å²) in [7, 11) is 0. The monoisotopic (exact) mass is 802 g/mol. The summed E-state index contributed by atoms with van der Waals surface area (Å²) in [6, 6.07) is 90.7. The quantitative estimate of drug-likeness (QED) is 0.149. The lowest BCUT2D eigenvalue weighted by atomic mass is 9.89. The molecule has 1 atom stereocenters. The van der Waals surface area contributed by atoms with Crippen LogP contribution in [0.25, 0.3) is 72.0 Å². The highest BCUT2D eigenvalue weighted by molar-refractivity contribution is 6.10. The highest BCUT2D eigenvalue weighted by Gasteiger charge is 2.30. The van der Waals surface area contributed by atoms with Crippen LogP contribution in [0.1, 0.15) is 22.6 Å². The molecular formula is C61H42N2. The molecule has 11 aromatic rings. The average molecular weight is 803 g/mol. The van der Waals surface area contributed by atoms with E-state index in [1.165, 1.54) is 88.7 Å². The minimum Gasteiger partial charge on any atom is -0.311 e. The summed E-state index contributed by atoms with van der Waals surface area (Å²) in [6.45, 7) is 0.